The molecule has 1 heteroatoms. The van der Waals surface area contributed by atoms with E-state index < -0.39 is 0 Å². The van der Waals surface area contributed by atoms with Crippen LogP contribution in [0.5, 0.6) is 0 Å². The van der Waals surface area contributed by atoms with Crippen LogP contribution in [0.15, 0.2) is 0 Å². The van der Waals surface area contributed by atoms with Crippen LogP contribution in [0.4, 0.5) is 0 Å². The largest absolute Gasteiger partial charge is 0.381 e. The predicted molar refractivity (Wildman–Crippen MR) is 43.0 cm³/mol. The fraction of sp³-hybridized carbons (Fsp3) is 1.00. The van der Waals surface area contributed by atoms with Crippen molar-refractivity contribution in [2.75, 3.05) is 7.11 Å². The van der Waals surface area contributed by atoms with Gasteiger partial charge in [0.1, 0.15) is 0 Å². The van der Waals surface area contributed by atoms with Crippen LogP contribution in [-0.4, -0.2) is 13.2 Å². The molecule has 0 radical (unpaired) electrons. The van der Waals surface area contributed by atoms with Crippen LogP contribution in [0.25, 0.3) is 0 Å². The molecule has 0 unspecified atom stereocenters. The molecule has 0 heterocycles. The summed E-state index contributed by atoms with van der Waals surface area (Å²) in [4.78, 5) is 0. The lowest BCUT2D eigenvalue weighted by molar-refractivity contribution is -0.0382. The Kier molecular flexibility index (Phi) is 2.04. The Hall–Kier alpha value is -0.0400. The Morgan fingerprint density at radius 2 is 1.70 bits per heavy atom. The smallest absolute Gasteiger partial charge is 0.0577 e. The Bertz CT molecular complexity index is 106. The number of rotatable bonds is 1. The number of ether oxygens (including phenoxy) is 1. The summed E-state index contributed by atoms with van der Waals surface area (Å²) in [6.07, 6.45) is 3.09. The van der Waals surface area contributed by atoms with Gasteiger partial charge in [0.15, 0.2) is 0 Å². The Morgan fingerprint density at radius 1 is 1.20 bits per heavy atom. The number of hydrogen-bond acceptors (Lipinski definition) is 1. The third-order valence-corrected chi connectivity index (χ3v) is 2.65. The molecule has 1 rings (SSSR count). The van der Waals surface area contributed by atoms with Gasteiger partial charge >= 0.3 is 0 Å². The third-order valence-electron chi connectivity index (χ3n) is 2.65. The highest BCUT2D eigenvalue weighted by Crippen LogP contribution is 2.42. The molecule has 1 saturated carbocycles. The normalized spacial score (nSPS) is 33.6. The van der Waals surface area contributed by atoms with Gasteiger partial charge in [-0.2, -0.15) is 0 Å². The standard InChI is InChI=1S/C9H18O/c1-9(2,3)7-5-8(6-7)10-4/h7-8H,5-6H2,1-4H3. The molecule has 0 saturated heterocycles. The number of methoxy groups -OCH3 is 1. The quantitative estimate of drug-likeness (QED) is 0.546. The minimum absolute atomic E-state index is 0.495. The van der Waals surface area contributed by atoms with Crippen LogP contribution < -0.4 is 0 Å². The Balaban J connectivity index is 2.26. The second-order valence-corrected chi connectivity index (χ2v) is 4.39. The van der Waals surface area contributed by atoms with Gasteiger partial charge in [-0.05, 0) is 24.2 Å². The summed E-state index contributed by atoms with van der Waals surface area (Å²) in [5.74, 6) is 0.887. The summed E-state index contributed by atoms with van der Waals surface area (Å²) >= 11 is 0. The SMILES string of the molecule is COC1CC(C(C)(C)C)C1. The molecular formula is C9H18O. The zero-order chi connectivity index (χ0) is 7.78. The molecule has 10 heavy (non-hydrogen) atoms. The average molecular weight is 142 g/mol. The fourth-order valence-corrected chi connectivity index (χ4v) is 1.47. The molecule has 0 aliphatic heterocycles. The van der Waals surface area contributed by atoms with Gasteiger partial charge in [-0.15, -0.1) is 0 Å². The first-order valence-electron chi connectivity index (χ1n) is 4.07. The minimum atomic E-state index is 0.495. The summed E-state index contributed by atoms with van der Waals surface area (Å²) in [5.41, 5.74) is 0.495. The van der Waals surface area contributed by atoms with E-state index in [0.717, 1.165) is 5.92 Å². The lowest BCUT2D eigenvalue weighted by atomic mass is 9.67. The molecule has 60 valence electrons. The lowest BCUT2D eigenvalue weighted by Crippen LogP contribution is -2.38. The Morgan fingerprint density at radius 3 is 2.00 bits per heavy atom. The first-order valence-corrected chi connectivity index (χ1v) is 4.07. The van der Waals surface area contributed by atoms with E-state index in [0.29, 0.717) is 11.5 Å². The molecule has 0 aromatic carbocycles. The summed E-state index contributed by atoms with van der Waals surface area (Å²) in [6, 6.07) is 0. The van der Waals surface area contributed by atoms with Gasteiger partial charge in [0.25, 0.3) is 0 Å². The first-order chi connectivity index (χ1) is 4.54. The highest BCUT2D eigenvalue weighted by molar-refractivity contribution is 4.87. The van der Waals surface area contributed by atoms with E-state index in [1.165, 1.54) is 12.8 Å². The van der Waals surface area contributed by atoms with Gasteiger partial charge in [-0.3, -0.25) is 0 Å². The van der Waals surface area contributed by atoms with Gasteiger partial charge in [-0.25, -0.2) is 0 Å². The zero-order valence-corrected chi connectivity index (χ0v) is 7.48. The summed E-state index contributed by atoms with van der Waals surface area (Å²) in [7, 11) is 1.81. The van der Waals surface area contributed by atoms with Crippen LogP contribution in [-0.2, 0) is 4.74 Å². The molecule has 0 atom stereocenters. The average Bonchev–Trinajstić information content (AvgIpc) is 1.57. The Labute approximate surface area is 63.8 Å². The van der Waals surface area contributed by atoms with Crippen molar-refractivity contribution in [3.05, 3.63) is 0 Å². The van der Waals surface area contributed by atoms with E-state index in [1.54, 1.807) is 0 Å². The van der Waals surface area contributed by atoms with Gasteiger partial charge < -0.3 is 4.74 Å². The van der Waals surface area contributed by atoms with Gasteiger partial charge in [0.05, 0.1) is 6.10 Å². The summed E-state index contributed by atoms with van der Waals surface area (Å²) < 4.78 is 5.21. The van der Waals surface area contributed by atoms with E-state index in [9.17, 15) is 0 Å². The van der Waals surface area contributed by atoms with Gasteiger partial charge in [-0.1, -0.05) is 20.8 Å². The monoisotopic (exact) mass is 142 g/mol. The zero-order valence-electron chi connectivity index (χ0n) is 7.48. The first kappa shape index (κ1) is 8.06. The van der Waals surface area contributed by atoms with Gasteiger partial charge in [0.2, 0.25) is 0 Å². The summed E-state index contributed by atoms with van der Waals surface area (Å²) in [6.45, 7) is 6.93. The molecule has 0 spiro atoms. The van der Waals surface area contributed by atoms with E-state index in [2.05, 4.69) is 20.8 Å². The topological polar surface area (TPSA) is 9.23 Å². The fourth-order valence-electron chi connectivity index (χ4n) is 1.47. The van der Waals surface area contributed by atoms with Crippen LogP contribution in [0.1, 0.15) is 33.6 Å². The molecule has 0 bridgehead atoms. The van der Waals surface area contributed by atoms with Crippen molar-refractivity contribution in [1.29, 1.82) is 0 Å². The van der Waals surface area contributed by atoms with Crippen molar-refractivity contribution in [1.82, 2.24) is 0 Å². The van der Waals surface area contributed by atoms with Crippen LogP contribution in [0.2, 0.25) is 0 Å². The molecule has 0 aromatic rings. The van der Waals surface area contributed by atoms with E-state index >= 15 is 0 Å². The maximum atomic E-state index is 5.21. The molecule has 0 N–H and O–H groups in total. The maximum Gasteiger partial charge on any atom is 0.0577 e. The highest BCUT2D eigenvalue weighted by Gasteiger charge is 2.36. The molecule has 1 nitrogen and oxygen atoms in total. The minimum Gasteiger partial charge on any atom is -0.381 e. The van der Waals surface area contributed by atoms with Crippen molar-refractivity contribution >= 4 is 0 Å². The molecule has 1 aliphatic rings. The second kappa shape index (κ2) is 2.54. The van der Waals surface area contributed by atoms with Crippen molar-refractivity contribution in [3.63, 3.8) is 0 Å². The molecule has 0 aromatic heterocycles. The van der Waals surface area contributed by atoms with Crippen molar-refractivity contribution in [2.24, 2.45) is 11.3 Å². The molecule has 1 fully saturated rings. The number of hydrogen-bond donors (Lipinski definition) is 0. The lowest BCUT2D eigenvalue weighted by Gasteiger charge is -2.42. The van der Waals surface area contributed by atoms with Crippen molar-refractivity contribution in [2.45, 2.75) is 39.7 Å². The van der Waals surface area contributed by atoms with Crippen molar-refractivity contribution in [3.8, 4) is 0 Å². The molecule has 1 aliphatic carbocycles. The summed E-state index contributed by atoms with van der Waals surface area (Å²) in [5, 5.41) is 0. The molecular weight excluding hydrogens is 124 g/mol. The van der Waals surface area contributed by atoms with E-state index in [1.807, 2.05) is 7.11 Å². The van der Waals surface area contributed by atoms with E-state index in [4.69, 9.17) is 4.74 Å². The van der Waals surface area contributed by atoms with Crippen molar-refractivity contribution < 1.29 is 4.74 Å². The van der Waals surface area contributed by atoms with Crippen LogP contribution >= 0.6 is 0 Å². The van der Waals surface area contributed by atoms with Gasteiger partial charge in [0, 0.05) is 7.11 Å². The third kappa shape index (κ3) is 1.51. The maximum absolute atomic E-state index is 5.21. The van der Waals surface area contributed by atoms with E-state index in [-0.39, 0.29) is 0 Å². The van der Waals surface area contributed by atoms with Crippen LogP contribution in [0.3, 0.4) is 0 Å². The highest BCUT2D eigenvalue weighted by atomic mass is 16.5. The molecule has 0 amide bonds. The van der Waals surface area contributed by atoms with Crippen LogP contribution in [0, 0.1) is 11.3 Å². The predicted octanol–water partition coefficient (Wildman–Crippen LogP) is 2.46. The second-order valence-electron chi connectivity index (χ2n) is 4.39.